The summed E-state index contributed by atoms with van der Waals surface area (Å²) >= 11 is 0. The Bertz CT molecular complexity index is 825. The number of amides is 1. The SMILES string of the molecule is NC(N)=NC(=O)c1cc(F)c2c(c1)C(c1ccccc1)=CCO2. The van der Waals surface area contributed by atoms with Crippen molar-refractivity contribution in [2.45, 2.75) is 0 Å². The quantitative estimate of drug-likeness (QED) is 0.656. The molecule has 23 heavy (non-hydrogen) atoms. The number of ether oxygens (including phenoxy) is 1. The van der Waals surface area contributed by atoms with E-state index in [1.807, 2.05) is 36.4 Å². The molecule has 0 saturated carbocycles. The van der Waals surface area contributed by atoms with E-state index in [2.05, 4.69) is 4.99 Å². The first-order valence-electron chi connectivity index (χ1n) is 6.92. The van der Waals surface area contributed by atoms with Crippen molar-refractivity contribution in [2.24, 2.45) is 16.5 Å². The molecule has 0 saturated heterocycles. The van der Waals surface area contributed by atoms with Crippen molar-refractivity contribution in [2.75, 3.05) is 6.61 Å². The van der Waals surface area contributed by atoms with Crippen LogP contribution in [0.1, 0.15) is 21.5 Å². The van der Waals surface area contributed by atoms with E-state index in [1.54, 1.807) is 0 Å². The van der Waals surface area contributed by atoms with Crippen molar-refractivity contribution in [1.29, 1.82) is 0 Å². The third kappa shape index (κ3) is 2.91. The number of rotatable bonds is 2. The molecule has 5 nitrogen and oxygen atoms in total. The molecular formula is C17H14FN3O2. The number of guanidine groups is 1. The van der Waals surface area contributed by atoms with Gasteiger partial charge in [0, 0.05) is 11.1 Å². The summed E-state index contributed by atoms with van der Waals surface area (Å²) in [6.07, 6.45) is 1.84. The van der Waals surface area contributed by atoms with Crippen LogP contribution < -0.4 is 16.2 Å². The first-order valence-corrected chi connectivity index (χ1v) is 6.92. The van der Waals surface area contributed by atoms with Crippen LogP contribution in [0.2, 0.25) is 0 Å². The van der Waals surface area contributed by atoms with Gasteiger partial charge < -0.3 is 16.2 Å². The predicted molar refractivity (Wildman–Crippen MR) is 85.6 cm³/mol. The second-order valence-electron chi connectivity index (χ2n) is 4.97. The molecule has 116 valence electrons. The van der Waals surface area contributed by atoms with Gasteiger partial charge in [-0.2, -0.15) is 4.99 Å². The Kier molecular flexibility index (Phi) is 3.80. The third-order valence-electron chi connectivity index (χ3n) is 3.41. The Labute approximate surface area is 132 Å². The van der Waals surface area contributed by atoms with Crippen LogP contribution in [0.25, 0.3) is 5.57 Å². The zero-order valence-electron chi connectivity index (χ0n) is 12.1. The van der Waals surface area contributed by atoms with E-state index >= 15 is 0 Å². The van der Waals surface area contributed by atoms with Crippen molar-refractivity contribution in [3.63, 3.8) is 0 Å². The van der Waals surface area contributed by atoms with Crippen LogP contribution in [0.4, 0.5) is 4.39 Å². The van der Waals surface area contributed by atoms with E-state index in [4.69, 9.17) is 16.2 Å². The zero-order valence-corrected chi connectivity index (χ0v) is 12.1. The molecule has 0 fully saturated rings. The molecule has 6 heteroatoms. The van der Waals surface area contributed by atoms with Crippen LogP contribution in [-0.2, 0) is 0 Å². The minimum atomic E-state index is -0.704. The van der Waals surface area contributed by atoms with Gasteiger partial charge in [-0.25, -0.2) is 4.39 Å². The molecule has 1 heterocycles. The number of nitrogens with zero attached hydrogens (tertiary/aromatic N) is 1. The molecule has 3 rings (SSSR count). The molecule has 4 N–H and O–H groups in total. The van der Waals surface area contributed by atoms with Gasteiger partial charge in [0.2, 0.25) is 0 Å². The normalized spacial score (nSPS) is 12.7. The molecule has 0 unspecified atom stereocenters. The number of carbonyl (C=O) groups excluding carboxylic acids is 1. The molecule has 2 aromatic rings. The highest BCUT2D eigenvalue weighted by Crippen LogP contribution is 2.37. The van der Waals surface area contributed by atoms with E-state index in [0.717, 1.165) is 17.2 Å². The number of carbonyl (C=O) groups is 1. The average Bonchev–Trinajstić information content (AvgIpc) is 2.54. The minimum absolute atomic E-state index is 0.0574. The minimum Gasteiger partial charge on any atom is -0.486 e. The van der Waals surface area contributed by atoms with Gasteiger partial charge >= 0.3 is 0 Å². The highest BCUT2D eigenvalue weighted by Gasteiger charge is 2.22. The maximum Gasteiger partial charge on any atom is 0.280 e. The van der Waals surface area contributed by atoms with Crippen LogP contribution in [0.5, 0.6) is 5.75 Å². The smallest absolute Gasteiger partial charge is 0.280 e. The maximum atomic E-state index is 14.3. The molecule has 0 spiro atoms. The standard InChI is InChI=1S/C17H14FN3O2/c18-14-9-11(16(22)21-17(19)20)8-13-12(6-7-23-15(13)14)10-4-2-1-3-5-10/h1-6,8-9H,7H2,(H4,19,20,21,22). The zero-order chi connectivity index (χ0) is 16.4. The number of fused-ring (bicyclic) bond motifs is 1. The molecule has 0 aliphatic carbocycles. The van der Waals surface area contributed by atoms with Gasteiger partial charge in [-0.1, -0.05) is 30.3 Å². The van der Waals surface area contributed by atoms with Crippen molar-refractivity contribution in [3.8, 4) is 5.75 Å². The van der Waals surface area contributed by atoms with E-state index < -0.39 is 11.7 Å². The molecule has 1 aliphatic rings. The Hall–Kier alpha value is -3.15. The summed E-state index contributed by atoms with van der Waals surface area (Å²) in [5, 5.41) is 0. The highest BCUT2D eigenvalue weighted by molar-refractivity contribution is 6.03. The molecule has 1 aliphatic heterocycles. The maximum absolute atomic E-state index is 14.3. The van der Waals surface area contributed by atoms with Gasteiger partial charge in [0.25, 0.3) is 5.91 Å². The summed E-state index contributed by atoms with van der Waals surface area (Å²) in [6.45, 7) is 0.259. The molecule has 0 aromatic heterocycles. The lowest BCUT2D eigenvalue weighted by molar-refractivity contribution is 0.100. The first kappa shape index (κ1) is 14.8. The molecule has 2 aromatic carbocycles. The largest absolute Gasteiger partial charge is 0.486 e. The summed E-state index contributed by atoms with van der Waals surface area (Å²) < 4.78 is 19.7. The van der Waals surface area contributed by atoms with Gasteiger partial charge in [-0.15, -0.1) is 0 Å². The van der Waals surface area contributed by atoms with E-state index in [9.17, 15) is 9.18 Å². The number of hydrogen-bond acceptors (Lipinski definition) is 2. The monoisotopic (exact) mass is 311 g/mol. The third-order valence-corrected chi connectivity index (χ3v) is 3.41. The summed E-state index contributed by atoms with van der Waals surface area (Å²) in [4.78, 5) is 15.4. The van der Waals surface area contributed by atoms with Crippen molar-refractivity contribution >= 4 is 17.4 Å². The van der Waals surface area contributed by atoms with Gasteiger partial charge in [-0.05, 0) is 29.3 Å². The fourth-order valence-electron chi connectivity index (χ4n) is 2.45. The van der Waals surface area contributed by atoms with Crippen LogP contribution >= 0.6 is 0 Å². The lowest BCUT2D eigenvalue weighted by Crippen LogP contribution is -2.24. The van der Waals surface area contributed by atoms with Gasteiger partial charge in [0.1, 0.15) is 6.61 Å². The van der Waals surface area contributed by atoms with E-state index in [1.165, 1.54) is 6.07 Å². The summed E-state index contributed by atoms with van der Waals surface area (Å²) in [6, 6.07) is 12.1. The second kappa shape index (κ2) is 5.92. The van der Waals surface area contributed by atoms with Crippen LogP contribution in [0.3, 0.4) is 0 Å². The lowest BCUT2D eigenvalue weighted by Gasteiger charge is -2.20. The van der Waals surface area contributed by atoms with Crippen molar-refractivity contribution in [3.05, 3.63) is 71.0 Å². The summed E-state index contributed by atoms with van der Waals surface area (Å²) in [5.41, 5.74) is 12.7. The number of benzene rings is 2. The predicted octanol–water partition coefficient (Wildman–Crippen LogP) is 2.06. The number of hydrogen-bond donors (Lipinski definition) is 2. The summed E-state index contributed by atoms with van der Waals surface area (Å²) in [5.74, 6) is -1.58. The number of aliphatic imine (C=N–C) groups is 1. The van der Waals surface area contributed by atoms with Crippen molar-refractivity contribution in [1.82, 2.24) is 0 Å². The van der Waals surface area contributed by atoms with Gasteiger partial charge in [0.15, 0.2) is 17.5 Å². The van der Waals surface area contributed by atoms with Crippen LogP contribution in [0.15, 0.2) is 53.5 Å². The van der Waals surface area contributed by atoms with E-state index in [-0.39, 0.29) is 23.9 Å². The second-order valence-corrected chi connectivity index (χ2v) is 4.97. The lowest BCUT2D eigenvalue weighted by atomic mass is 9.93. The first-order chi connectivity index (χ1) is 11.1. The van der Waals surface area contributed by atoms with Crippen LogP contribution in [-0.4, -0.2) is 18.5 Å². The van der Waals surface area contributed by atoms with Crippen LogP contribution in [0, 0.1) is 5.82 Å². The fourth-order valence-corrected chi connectivity index (χ4v) is 2.45. The molecule has 0 radical (unpaired) electrons. The molecular weight excluding hydrogens is 297 g/mol. The highest BCUT2D eigenvalue weighted by atomic mass is 19.1. The Morgan fingerprint density at radius 3 is 2.61 bits per heavy atom. The average molecular weight is 311 g/mol. The number of halogens is 1. The van der Waals surface area contributed by atoms with Gasteiger partial charge in [0.05, 0.1) is 0 Å². The molecule has 0 atom stereocenters. The topological polar surface area (TPSA) is 90.7 Å². The fraction of sp³-hybridized carbons (Fsp3) is 0.0588. The number of nitrogens with two attached hydrogens (primary N) is 2. The molecule has 0 bridgehead atoms. The van der Waals surface area contributed by atoms with Crippen molar-refractivity contribution < 1.29 is 13.9 Å². The Morgan fingerprint density at radius 1 is 1.17 bits per heavy atom. The van der Waals surface area contributed by atoms with E-state index in [0.29, 0.717) is 5.56 Å². The Morgan fingerprint density at radius 2 is 1.91 bits per heavy atom. The Balaban J connectivity index is 2.13. The summed E-state index contributed by atoms with van der Waals surface area (Å²) in [7, 11) is 0. The van der Waals surface area contributed by atoms with Gasteiger partial charge in [-0.3, -0.25) is 4.79 Å². The molecule has 1 amide bonds.